The van der Waals surface area contributed by atoms with Gasteiger partial charge in [-0.3, -0.25) is 14.2 Å². The Morgan fingerprint density at radius 1 is 0.564 bits per heavy atom. The van der Waals surface area contributed by atoms with Crippen molar-refractivity contribution in [2.75, 3.05) is 47.5 Å². The molecule has 0 heterocycles. The summed E-state index contributed by atoms with van der Waals surface area (Å²) < 4.78 is 33.9. The van der Waals surface area contributed by atoms with Crippen LogP contribution in [0, 0.1) is 0 Å². The first-order valence-electron chi connectivity index (χ1n) is 22.5. The number of hydrogen-bond donors (Lipinski definition) is 0. The highest BCUT2D eigenvalue weighted by Crippen LogP contribution is 2.38. The van der Waals surface area contributed by atoms with Crippen LogP contribution in [-0.4, -0.2) is 70.0 Å². The third-order valence-electron chi connectivity index (χ3n) is 9.72. The van der Waals surface area contributed by atoms with Gasteiger partial charge in [-0.2, -0.15) is 0 Å². The number of likely N-dealkylation sites (N-methyl/N-ethyl adjacent to an activating group) is 1. The van der Waals surface area contributed by atoms with Gasteiger partial charge in [-0.15, -0.1) is 0 Å². The molecular weight excluding hydrogens is 713 g/mol. The summed E-state index contributed by atoms with van der Waals surface area (Å²) in [7, 11) is 1.16. The minimum Gasteiger partial charge on any atom is -0.756 e. The number of rotatable bonds is 41. The predicted molar refractivity (Wildman–Crippen MR) is 227 cm³/mol. The van der Waals surface area contributed by atoms with E-state index < -0.39 is 26.5 Å². The van der Waals surface area contributed by atoms with Crippen molar-refractivity contribution in [3.05, 3.63) is 24.3 Å². The fraction of sp³-hybridized carbons (Fsp3) is 0.867. The number of ether oxygens (including phenoxy) is 2. The van der Waals surface area contributed by atoms with E-state index >= 15 is 0 Å². The molecule has 0 rings (SSSR count). The van der Waals surface area contributed by atoms with Gasteiger partial charge < -0.3 is 27.9 Å². The van der Waals surface area contributed by atoms with Gasteiger partial charge in [0.05, 0.1) is 27.7 Å². The van der Waals surface area contributed by atoms with Crippen LogP contribution in [0.3, 0.4) is 0 Å². The molecule has 0 saturated carbocycles. The third kappa shape index (κ3) is 41.9. The molecule has 0 N–H and O–H groups in total. The van der Waals surface area contributed by atoms with Crippen LogP contribution in [0.4, 0.5) is 0 Å². The maximum Gasteiger partial charge on any atom is 0.306 e. The van der Waals surface area contributed by atoms with E-state index in [4.69, 9.17) is 18.5 Å². The monoisotopic (exact) mass is 800 g/mol. The largest absolute Gasteiger partial charge is 0.756 e. The maximum atomic E-state index is 12.7. The van der Waals surface area contributed by atoms with Crippen molar-refractivity contribution < 1.29 is 42.1 Å². The van der Waals surface area contributed by atoms with E-state index in [0.717, 1.165) is 64.2 Å². The second kappa shape index (κ2) is 38.0. The highest BCUT2D eigenvalue weighted by Gasteiger charge is 2.21. The van der Waals surface area contributed by atoms with Crippen molar-refractivity contribution in [3.63, 3.8) is 0 Å². The number of nitrogens with zero attached hydrogens (tertiary/aromatic N) is 1. The highest BCUT2D eigenvalue weighted by molar-refractivity contribution is 7.45. The zero-order chi connectivity index (χ0) is 40.7. The van der Waals surface area contributed by atoms with E-state index in [-0.39, 0.29) is 32.0 Å². The van der Waals surface area contributed by atoms with E-state index in [9.17, 15) is 19.0 Å². The quantitative estimate of drug-likeness (QED) is 0.0198. The lowest BCUT2D eigenvalue weighted by Gasteiger charge is -2.28. The van der Waals surface area contributed by atoms with E-state index in [1.807, 2.05) is 21.1 Å². The lowest BCUT2D eigenvalue weighted by atomic mass is 10.0. The first kappa shape index (κ1) is 53.5. The van der Waals surface area contributed by atoms with Crippen LogP contribution < -0.4 is 4.89 Å². The lowest BCUT2D eigenvalue weighted by Crippen LogP contribution is -2.37. The molecule has 0 aromatic heterocycles. The number of allylic oxidation sites excluding steroid dienone is 4. The fourth-order valence-corrected chi connectivity index (χ4v) is 6.87. The molecule has 0 spiro atoms. The molecule has 55 heavy (non-hydrogen) atoms. The van der Waals surface area contributed by atoms with Crippen molar-refractivity contribution in [3.8, 4) is 0 Å². The molecule has 0 bridgehead atoms. The van der Waals surface area contributed by atoms with Gasteiger partial charge in [0.1, 0.15) is 19.8 Å². The summed E-state index contributed by atoms with van der Waals surface area (Å²) >= 11 is 0. The van der Waals surface area contributed by atoms with E-state index in [0.29, 0.717) is 17.4 Å². The first-order valence-corrected chi connectivity index (χ1v) is 24.0. The summed E-state index contributed by atoms with van der Waals surface area (Å²) in [5.41, 5.74) is 0. The Kier molecular flexibility index (Phi) is 37.0. The van der Waals surface area contributed by atoms with E-state index in [1.165, 1.54) is 103 Å². The molecule has 0 aliphatic carbocycles. The van der Waals surface area contributed by atoms with E-state index in [1.54, 1.807) is 0 Å². The summed E-state index contributed by atoms with van der Waals surface area (Å²) in [5.74, 6) is -0.843. The van der Waals surface area contributed by atoms with Crippen LogP contribution in [0.25, 0.3) is 0 Å². The normalized spacial score (nSPS) is 13.8. The summed E-state index contributed by atoms with van der Waals surface area (Å²) in [5, 5.41) is 0. The Morgan fingerprint density at radius 3 is 1.49 bits per heavy atom. The van der Waals surface area contributed by atoms with Gasteiger partial charge in [-0.1, -0.05) is 173 Å². The zero-order valence-electron chi connectivity index (χ0n) is 36.4. The van der Waals surface area contributed by atoms with Gasteiger partial charge in [0.15, 0.2) is 6.10 Å². The molecule has 0 aliphatic heterocycles. The van der Waals surface area contributed by atoms with E-state index in [2.05, 4.69) is 38.2 Å². The SMILES string of the molecule is CCCC/C=C\C/C=C\CCCCCCCC(=O)OC(COC(=O)CCCCCCCCCCCCCCCCCCC)COP(=O)([O-])OCC[N+](C)(C)C. The molecule has 10 heteroatoms. The molecule has 0 saturated heterocycles. The Hall–Kier alpha value is -1.51. The molecule has 0 aliphatic rings. The summed E-state index contributed by atoms with van der Waals surface area (Å²) in [4.78, 5) is 37.5. The molecule has 0 aromatic carbocycles. The molecule has 324 valence electrons. The van der Waals surface area contributed by atoms with Crippen LogP contribution in [0.2, 0.25) is 0 Å². The third-order valence-corrected chi connectivity index (χ3v) is 10.7. The van der Waals surface area contributed by atoms with Crippen LogP contribution in [-0.2, 0) is 32.7 Å². The van der Waals surface area contributed by atoms with Crippen molar-refractivity contribution in [1.82, 2.24) is 0 Å². The number of esters is 2. The smallest absolute Gasteiger partial charge is 0.306 e. The zero-order valence-corrected chi connectivity index (χ0v) is 37.3. The molecular formula is C45H86NO8P. The minimum absolute atomic E-state index is 0.0319. The van der Waals surface area contributed by atoms with Gasteiger partial charge in [-0.05, 0) is 38.5 Å². The van der Waals surface area contributed by atoms with Gasteiger partial charge in [0.25, 0.3) is 7.82 Å². The number of quaternary nitrogens is 1. The molecule has 0 fully saturated rings. The summed E-state index contributed by atoms with van der Waals surface area (Å²) in [6.07, 6.45) is 40.6. The Balaban J connectivity index is 4.32. The van der Waals surface area contributed by atoms with Gasteiger partial charge >= 0.3 is 11.9 Å². The minimum atomic E-state index is -4.62. The number of hydrogen-bond acceptors (Lipinski definition) is 8. The molecule has 0 amide bonds. The first-order chi connectivity index (χ1) is 26.5. The Labute approximate surface area is 339 Å². The maximum absolute atomic E-state index is 12.7. The topological polar surface area (TPSA) is 111 Å². The van der Waals surface area contributed by atoms with Crippen LogP contribution >= 0.6 is 7.82 Å². The number of phosphoric acid groups is 1. The second-order valence-corrected chi connectivity index (χ2v) is 17.8. The average molecular weight is 800 g/mol. The lowest BCUT2D eigenvalue weighted by molar-refractivity contribution is -0.870. The van der Waals surface area contributed by atoms with Crippen LogP contribution in [0.1, 0.15) is 200 Å². The van der Waals surface area contributed by atoms with Gasteiger partial charge in [-0.25, -0.2) is 0 Å². The number of carbonyl (C=O) groups excluding carboxylic acids is 2. The molecule has 2 atom stereocenters. The van der Waals surface area contributed by atoms with Crippen molar-refractivity contribution in [2.45, 2.75) is 206 Å². The van der Waals surface area contributed by atoms with Crippen molar-refractivity contribution in [2.24, 2.45) is 0 Å². The standard InChI is InChI=1S/C45H86NO8P/c1-6-8-10-12-14-16-18-20-22-23-24-26-27-29-31-33-35-37-44(47)51-41-43(42-53-55(49,50)52-40-39-46(3,4)5)54-45(48)38-36-34-32-30-28-25-21-19-17-15-13-11-9-7-2/h13,15,19,21,43H,6-12,14,16-18,20,22-42H2,1-5H3/b15-13-,21-19-. The molecule has 2 unspecified atom stereocenters. The van der Waals surface area contributed by atoms with Crippen LogP contribution in [0.5, 0.6) is 0 Å². The summed E-state index contributed by atoms with van der Waals surface area (Å²) in [6, 6.07) is 0. The van der Waals surface area contributed by atoms with Gasteiger partial charge in [0, 0.05) is 12.8 Å². The van der Waals surface area contributed by atoms with Crippen molar-refractivity contribution >= 4 is 19.8 Å². The fourth-order valence-electron chi connectivity index (χ4n) is 6.14. The van der Waals surface area contributed by atoms with Crippen molar-refractivity contribution in [1.29, 1.82) is 0 Å². The Morgan fingerprint density at radius 2 is 1.00 bits per heavy atom. The van der Waals surface area contributed by atoms with Crippen LogP contribution in [0.15, 0.2) is 24.3 Å². The molecule has 0 radical (unpaired) electrons. The Bertz CT molecular complexity index is 996. The summed E-state index contributed by atoms with van der Waals surface area (Å²) in [6.45, 7) is 4.19. The highest BCUT2D eigenvalue weighted by atomic mass is 31.2. The number of phosphoric ester groups is 1. The van der Waals surface area contributed by atoms with Gasteiger partial charge in [0.2, 0.25) is 0 Å². The molecule has 9 nitrogen and oxygen atoms in total. The second-order valence-electron chi connectivity index (χ2n) is 16.4. The number of unbranched alkanes of at least 4 members (excludes halogenated alkanes) is 23. The molecule has 0 aromatic rings. The number of carbonyl (C=O) groups is 2. The predicted octanol–water partition coefficient (Wildman–Crippen LogP) is 12.1. The average Bonchev–Trinajstić information content (AvgIpc) is 3.13.